The number of sulfonamides is 1. The number of hydrogen-bond acceptors (Lipinski definition) is 4. The van der Waals surface area contributed by atoms with E-state index in [1.807, 2.05) is 0 Å². The van der Waals surface area contributed by atoms with Gasteiger partial charge in [-0.2, -0.15) is 4.31 Å². The van der Waals surface area contributed by atoms with E-state index in [1.165, 1.54) is 49.6 Å². The average molecular weight is 497 g/mol. The van der Waals surface area contributed by atoms with Gasteiger partial charge in [-0.1, -0.05) is 59.1 Å². The van der Waals surface area contributed by atoms with Gasteiger partial charge in [0.1, 0.15) is 5.75 Å². The molecule has 0 saturated carbocycles. The minimum absolute atomic E-state index is 0.0479. The van der Waals surface area contributed by atoms with Crippen LogP contribution in [-0.4, -0.2) is 21.4 Å². The molecule has 0 radical (unpaired) electrons. The Labute approximate surface area is 195 Å². The van der Waals surface area contributed by atoms with Crippen molar-refractivity contribution < 1.29 is 17.9 Å². The van der Waals surface area contributed by atoms with Crippen LogP contribution in [0, 0.1) is 0 Å². The van der Waals surface area contributed by atoms with Crippen LogP contribution in [0.2, 0.25) is 15.1 Å². The highest BCUT2D eigenvalue weighted by Gasteiger charge is 2.30. The normalized spacial score (nSPS) is 11.5. The Hall–Kier alpha value is -2.51. The highest BCUT2D eigenvalue weighted by atomic mass is 35.5. The van der Waals surface area contributed by atoms with Crippen molar-refractivity contribution in [1.82, 2.24) is 0 Å². The van der Waals surface area contributed by atoms with Crippen LogP contribution in [0.3, 0.4) is 0 Å². The lowest BCUT2D eigenvalue weighted by Gasteiger charge is -2.22. The standard InChI is InChI=1S/C22H16Cl3NO4S/c1-30-21-11-10-17(14-20(21)25)26(31(28,29)18-5-3-2-4-6-18)22(27)12-8-15-7-9-16(23)13-19(15)24/h2-14H,1H3/b12-8+. The highest BCUT2D eigenvalue weighted by molar-refractivity contribution is 7.93. The number of carbonyl (C=O) groups is 1. The number of ether oxygens (including phenoxy) is 1. The molecule has 31 heavy (non-hydrogen) atoms. The molecule has 3 aromatic carbocycles. The van der Waals surface area contributed by atoms with Crippen molar-refractivity contribution in [1.29, 1.82) is 0 Å². The van der Waals surface area contributed by atoms with Crippen LogP contribution in [0.15, 0.2) is 77.7 Å². The second-order valence-corrected chi connectivity index (χ2v) is 9.28. The first-order valence-corrected chi connectivity index (χ1v) is 11.4. The number of anilines is 1. The number of hydrogen-bond donors (Lipinski definition) is 0. The molecular weight excluding hydrogens is 481 g/mol. The summed E-state index contributed by atoms with van der Waals surface area (Å²) in [7, 11) is -2.80. The van der Waals surface area contributed by atoms with Crippen LogP contribution < -0.4 is 9.04 Å². The number of carbonyl (C=O) groups excluding carboxylic acids is 1. The number of methoxy groups -OCH3 is 1. The van der Waals surface area contributed by atoms with E-state index in [2.05, 4.69) is 0 Å². The van der Waals surface area contributed by atoms with Gasteiger partial charge in [0.15, 0.2) is 0 Å². The largest absolute Gasteiger partial charge is 0.495 e. The van der Waals surface area contributed by atoms with Gasteiger partial charge in [-0.05, 0) is 54.1 Å². The summed E-state index contributed by atoms with van der Waals surface area (Å²) >= 11 is 18.2. The zero-order valence-corrected chi connectivity index (χ0v) is 19.2. The van der Waals surface area contributed by atoms with Crippen molar-refractivity contribution in [2.75, 3.05) is 11.4 Å². The number of amides is 1. The van der Waals surface area contributed by atoms with Gasteiger partial charge in [0.2, 0.25) is 0 Å². The van der Waals surface area contributed by atoms with E-state index >= 15 is 0 Å². The second-order valence-electron chi connectivity index (χ2n) is 6.24. The third-order valence-corrected chi connectivity index (χ3v) is 6.82. The third-order valence-electron chi connectivity index (χ3n) is 4.22. The number of halogens is 3. The van der Waals surface area contributed by atoms with Gasteiger partial charge in [0.05, 0.1) is 22.7 Å². The molecule has 160 valence electrons. The fourth-order valence-electron chi connectivity index (χ4n) is 2.73. The van der Waals surface area contributed by atoms with E-state index in [0.717, 1.165) is 6.08 Å². The van der Waals surface area contributed by atoms with Crippen molar-refractivity contribution in [3.63, 3.8) is 0 Å². The topological polar surface area (TPSA) is 63.7 Å². The molecule has 0 saturated heterocycles. The lowest BCUT2D eigenvalue weighted by Crippen LogP contribution is -2.35. The van der Waals surface area contributed by atoms with Gasteiger partial charge in [0, 0.05) is 16.1 Å². The SMILES string of the molecule is COc1ccc(N(C(=O)/C=C/c2ccc(Cl)cc2Cl)S(=O)(=O)c2ccccc2)cc1Cl. The van der Waals surface area contributed by atoms with E-state index in [9.17, 15) is 13.2 Å². The molecule has 0 aliphatic heterocycles. The predicted molar refractivity (Wildman–Crippen MR) is 125 cm³/mol. The summed E-state index contributed by atoms with van der Waals surface area (Å²) in [4.78, 5) is 13.0. The molecule has 5 nitrogen and oxygen atoms in total. The first-order valence-electron chi connectivity index (χ1n) is 8.85. The molecule has 1 amide bonds. The van der Waals surface area contributed by atoms with Crippen LogP contribution in [0.4, 0.5) is 5.69 Å². The van der Waals surface area contributed by atoms with Crippen molar-refractivity contribution >= 4 is 62.5 Å². The Morgan fingerprint density at radius 3 is 2.26 bits per heavy atom. The van der Waals surface area contributed by atoms with E-state index < -0.39 is 15.9 Å². The van der Waals surface area contributed by atoms with Crippen LogP contribution in [-0.2, 0) is 14.8 Å². The Bertz CT molecular complexity index is 1240. The smallest absolute Gasteiger partial charge is 0.271 e. The lowest BCUT2D eigenvalue weighted by molar-refractivity contribution is -0.113. The van der Waals surface area contributed by atoms with Gasteiger partial charge < -0.3 is 4.74 Å². The highest BCUT2D eigenvalue weighted by Crippen LogP contribution is 2.32. The molecule has 0 aromatic heterocycles. The molecule has 3 rings (SSSR count). The van der Waals surface area contributed by atoms with Crippen LogP contribution in [0.5, 0.6) is 5.75 Å². The molecule has 0 atom stereocenters. The van der Waals surface area contributed by atoms with Crippen LogP contribution in [0.25, 0.3) is 6.08 Å². The van der Waals surface area contributed by atoms with Gasteiger partial charge in [-0.3, -0.25) is 4.79 Å². The molecule has 0 spiro atoms. The minimum Gasteiger partial charge on any atom is -0.495 e. The fourth-order valence-corrected chi connectivity index (χ4v) is 4.85. The first kappa shape index (κ1) is 23.2. The average Bonchev–Trinajstić information content (AvgIpc) is 2.74. The molecule has 0 N–H and O–H groups in total. The maximum Gasteiger partial charge on any atom is 0.271 e. The number of nitrogens with zero attached hydrogens (tertiary/aromatic N) is 1. The summed E-state index contributed by atoms with van der Waals surface area (Å²) in [5.41, 5.74) is 0.566. The summed E-state index contributed by atoms with van der Waals surface area (Å²) in [6.07, 6.45) is 2.54. The number of benzene rings is 3. The minimum atomic E-state index is -4.23. The quantitative estimate of drug-likeness (QED) is 0.387. The Balaban J connectivity index is 2.08. The summed E-state index contributed by atoms with van der Waals surface area (Å²) in [5.74, 6) is -0.463. The molecule has 0 aliphatic rings. The summed E-state index contributed by atoms with van der Waals surface area (Å²) in [6.45, 7) is 0. The van der Waals surface area contributed by atoms with E-state index in [0.29, 0.717) is 25.7 Å². The van der Waals surface area contributed by atoms with Crippen LogP contribution >= 0.6 is 34.8 Å². The van der Waals surface area contributed by atoms with Gasteiger partial charge >= 0.3 is 0 Å². The van der Waals surface area contributed by atoms with Gasteiger partial charge in [-0.15, -0.1) is 0 Å². The maximum atomic E-state index is 13.3. The molecule has 0 heterocycles. The third kappa shape index (κ3) is 5.22. The van der Waals surface area contributed by atoms with E-state index in [1.54, 1.807) is 30.3 Å². The fraction of sp³-hybridized carbons (Fsp3) is 0.0455. The molecule has 0 bridgehead atoms. The Morgan fingerprint density at radius 1 is 0.935 bits per heavy atom. The zero-order valence-electron chi connectivity index (χ0n) is 16.1. The zero-order chi connectivity index (χ0) is 22.6. The Morgan fingerprint density at radius 2 is 1.65 bits per heavy atom. The predicted octanol–water partition coefficient (Wildman–Crippen LogP) is 6.09. The van der Waals surface area contributed by atoms with E-state index in [4.69, 9.17) is 39.5 Å². The summed E-state index contributed by atoms with van der Waals surface area (Å²) in [5, 5.41) is 0.918. The van der Waals surface area contributed by atoms with Gasteiger partial charge in [0.25, 0.3) is 15.9 Å². The molecular formula is C22H16Cl3NO4S. The molecule has 0 aliphatic carbocycles. The van der Waals surface area contributed by atoms with Crippen LogP contribution in [0.1, 0.15) is 5.56 Å². The molecule has 0 fully saturated rings. The van der Waals surface area contributed by atoms with Gasteiger partial charge in [-0.25, -0.2) is 8.42 Å². The molecule has 0 unspecified atom stereocenters. The first-order chi connectivity index (χ1) is 14.7. The lowest BCUT2D eigenvalue weighted by atomic mass is 10.2. The second kappa shape index (κ2) is 9.75. The maximum absolute atomic E-state index is 13.3. The molecule has 3 aromatic rings. The van der Waals surface area contributed by atoms with Crippen molar-refractivity contribution in [2.45, 2.75) is 4.90 Å². The monoisotopic (exact) mass is 495 g/mol. The summed E-state index contributed by atoms with van der Waals surface area (Å²) in [6, 6.07) is 16.6. The number of rotatable bonds is 6. The van der Waals surface area contributed by atoms with E-state index in [-0.39, 0.29) is 15.6 Å². The van der Waals surface area contributed by atoms with Crippen molar-refractivity contribution in [2.24, 2.45) is 0 Å². The van der Waals surface area contributed by atoms with Crippen molar-refractivity contribution in [3.05, 3.63) is 93.4 Å². The Kier molecular flexibility index (Phi) is 7.28. The van der Waals surface area contributed by atoms with Crippen molar-refractivity contribution in [3.8, 4) is 5.75 Å². The summed E-state index contributed by atoms with van der Waals surface area (Å²) < 4.78 is 32.4. The molecule has 9 heteroatoms.